The topological polar surface area (TPSA) is 30.7 Å². The summed E-state index contributed by atoms with van der Waals surface area (Å²) in [6, 6.07) is 0. The first-order chi connectivity index (χ1) is 5.52. The number of hydrogen-bond acceptors (Lipinski definition) is 2. The summed E-state index contributed by atoms with van der Waals surface area (Å²) in [5, 5.41) is 7.30. The maximum Gasteiger partial charge on any atom is 0.252 e. The molecule has 66 valence electrons. The van der Waals surface area contributed by atoms with Crippen molar-refractivity contribution in [3.63, 3.8) is 0 Å². The quantitative estimate of drug-likeness (QED) is 0.643. The fraction of sp³-hybridized carbons (Fsp3) is 0.714. The van der Waals surface area contributed by atoms with Gasteiger partial charge >= 0.3 is 0 Å². The number of aromatic nitrogens is 3. The minimum atomic E-state index is -2.51. The van der Waals surface area contributed by atoms with E-state index in [4.69, 9.17) is 0 Å². The predicted octanol–water partition coefficient (Wildman–Crippen LogP) is 1.42. The molecule has 0 atom stereocenters. The third-order valence-electron chi connectivity index (χ3n) is 2.25. The van der Waals surface area contributed by atoms with Crippen LogP contribution in [0.1, 0.15) is 19.8 Å². The molecule has 1 aromatic rings. The van der Waals surface area contributed by atoms with E-state index in [1.54, 1.807) is 13.1 Å². The number of alkyl halides is 2. The molecular weight excluding hydrogens is 164 g/mol. The monoisotopic (exact) mass is 173 g/mol. The highest BCUT2D eigenvalue weighted by Gasteiger charge is 2.55. The summed E-state index contributed by atoms with van der Waals surface area (Å²) in [6.45, 7) is 1.76. The van der Waals surface area contributed by atoms with Crippen molar-refractivity contribution in [3.8, 4) is 0 Å². The first-order valence-electron chi connectivity index (χ1n) is 3.77. The second-order valence-electron chi connectivity index (χ2n) is 3.55. The average molecular weight is 173 g/mol. The molecule has 0 amide bonds. The Balaban J connectivity index is 2.18. The Morgan fingerprint density at radius 3 is 2.50 bits per heavy atom. The van der Waals surface area contributed by atoms with Crippen LogP contribution in [-0.2, 0) is 5.54 Å². The molecular formula is C7H9F2N3. The largest absolute Gasteiger partial charge is 0.252 e. The van der Waals surface area contributed by atoms with Crippen LogP contribution in [0.3, 0.4) is 0 Å². The second-order valence-corrected chi connectivity index (χ2v) is 3.55. The number of nitrogens with zero attached hydrogens (tertiary/aromatic N) is 3. The smallest absolute Gasteiger partial charge is 0.246 e. The van der Waals surface area contributed by atoms with Gasteiger partial charge in [0.05, 0.1) is 11.7 Å². The van der Waals surface area contributed by atoms with Gasteiger partial charge in [0.2, 0.25) is 0 Å². The van der Waals surface area contributed by atoms with Crippen LogP contribution in [0.4, 0.5) is 8.78 Å². The van der Waals surface area contributed by atoms with Crippen LogP contribution in [0.2, 0.25) is 0 Å². The molecule has 0 aromatic carbocycles. The molecule has 0 unspecified atom stereocenters. The molecule has 3 nitrogen and oxygen atoms in total. The highest BCUT2D eigenvalue weighted by atomic mass is 19.3. The van der Waals surface area contributed by atoms with Gasteiger partial charge in [-0.05, 0) is 6.92 Å². The predicted molar refractivity (Wildman–Crippen MR) is 37.9 cm³/mol. The van der Waals surface area contributed by atoms with Crippen LogP contribution in [0.5, 0.6) is 0 Å². The lowest BCUT2D eigenvalue weighted by atomic mass is 9.75. The normalized spacial score (nSPS) is 24.9. The molecule has 1 heterocycles. The minimum absolute atomic E-state index is 0.136. The van der Waals surface area contributed by atoms with Crippen LogP contribution >= 0.6 is 0 Å². The minimum Gasteiger partial charge on any atom is -0.246 e. The summed E-state index contributed by atoms with van der Waals surface area (Å²) in [7, 11) is 0. The molecule has 0 N–H and O–H groups in total. The zero-order valence-corrected chi connectivity index (χ0v) is 6.67. The van der Waals surface area contributed by atoms with Crippen LogP contribution in [0, 0.1) is 0 Å². The van der Waals surface area contributed by atoms with E-state index in [0.717, 1.165) is 0 Å². The molecule has 1 saturated carbocycles. The van der Waals surface area contributed by atoms with Gasteiger partial charge in [0, 0.05) is 19.0 Å². The van der Waals surface area contributed by atoms with Gasteiger partial charge in [-0.3, -0.25) is 0 Å². The molecule has 0 spiro atoms. The average Bonchev–Trinajstić information content (AvgIpc) is 2.31. The molecule has 1 aliphatic rings. The first-order valence-corrected chi connectivity index (χ1v) is 3.77. The fourth-order valence-corrected chi connectivity index (χ4v) is 1.72. The van der Waals surface area contributed by atoms with Crippen LogP contribution in [-0.4, -0.2) is 20.9 Å². The van der Waals surface area contributed by atoms with E-state index in [-0.39, 0.29) is 12.8 Å². The van der Waals surface area contributed by atoms with Crippen molar-refractivity contribution in [3.05, 3.63) is 12.4 Å². The first kappa shape index (κ1) is 7.64. The van der Waals surface area contributed by atoms with Crippen molar-refractivity contribution < 1.29 is 8.78 Å². The van der Waals surface area contributed by atoms with Gasteiger partial charge in [0.25, 0.3) is 5.92 Å². The molecule has 2 rings (SSSR count). The molecule has 0 bridgehead atoms. The van der Waals surface area contributed by atoms with E-state index in [1.165, 1.54) is 10.9 Å². The molecule has 1 fully saturated rings. The fourth-order valence-electron chi connectivity index (χ4n) is 1.72. The van der Waals surface area contributed by atoms with E-state index >= 15 is 0 Å². The number of rotatable bonds is 1. The van der Waals surface area contributed by atoms with Crippen LogP contribution in [0.25, 0.3) is 0 Å². The number of halogens is 2. The van der Waals surface area contributed by atoms with Gasteiger partial charge in [-0.25, -0.2) is 13.5 Å². The summed E-state index contributed by atoms with van der Waals surface area (Å²) in [4.78, 5) is 0. The van der Waals surface area contributed by atoms with E-state index in [0.29, 0.717) is 0 Å². The second kappa shape index (κ2) is 2.02. The lowest BCUT2D eigenvalue weighted by Gasteiger charge is -2.44. The molecule has 1 aromatic heterocycles. The lowest BCUT2D eigenvalue weighted by Crippen LogP contribution is -2.51. The summed E-state index contributed by atoms with van der Waals surface area (Å²) < 4.78 is 26.6. The molecule has 0 radical (unpaired) electrons. The van der Waals surface area contributed by atoms with Crippen molar-refractivity contribution >= 4 is 0 Å². The third kappa shape index (κ3) is 1.00. The Labute approximate surface area is 68.4 Å². The highest BCUT2D eigenvalue weighted by Crippen LogP contribution is 2.49. The Morgan fingerprint density at radius 1 is 1.42 bits per heavy atom. The Bertz CT molecular complexity index is 273. The van der Waals surface area contributed by atoms with Crippen molar-refractivity contribution in [2.24, 2.45) is 0 Å². The molecule has 5 heteroatoms. The van der Waals surface area contributed by atoms with Crippen molar-refractivity contribution in [1.82, 2.24) is 15.0 Å². The summed E-state index contributed by atoms with van der Waals surface area (Å²) >= 11 is 0. The maximum absolute atomic E-state index is 12.6. The zero-order chi connectivity index (χ0) is 8.82. The van der Waals surface area contributed by atoms with Gasteiger partial charge in [0.15, 0.2) is 0 Å². The van der Waals surface area contributed by atoms with Crippen molar-refractivity contribution in [2.75, 3.05) is 0 Å². The summed E-state index contributed by atoms with van der Waals surface area (Å²) in [5.41, 5.74) is -0.528. The van der Waals surface area contributed by atoms with E-state index in [9.17, 15) is 8.78 Å². The lowest BCUT2D eigenvalue weighted by molar-refractivity contribution is -0.149. The van der Waals surface area contributed by atoms with Crippen LogP contribution in [0.15, 0.2) is 12.4 Å². The van der Waals surface area contributed by atoms with E-state index < -0.39 is 11.5 Å². The molecule has 0 aliphatic heterocycles. The zero-order valence-electron chi connectivity index (χ0n) is 6.67. The molecule has 12 heavy (non-hydrogen) atoms. The molecule has 1 aliphatic carbocycles. The van der Waals surface area contributed by atoms with Gasteiger partial charge < -0.3 is 0 Å². The Kier molecular flexibility index (Phi) is 1.29. The van der Waals surface area contributed by atoms with Gasteiger partial charge in [0.1, 0.15) is 0 Å². The Morgan fingerprint density at radius 2 is 2.08 bits per heavy atom. The van der Waals surface area contributed by atoms with Gasteiger partial charge in [-0.2, -0.15) is 0 Å². The van der Waals surface area contributed by atoms with Crippen molar-refractivity contribution in [2.45, 2.75) is 31.2 Å². The third-order valence-corrected chi connectivity index (χ3v) is 2.25. The summed E-state index contributed by atoms with van der Waals surface area (Å²) in [6.07, 6.45) is 2.85. The van der Waals surface area contributed by atoms with Gasteiger partial charge in [-0.1, -0.05) is 5.21 Å². The summed E-state index contributed by atoms with van der Waals surface area (Å²) in [5.74, 6) is -2.51. The van der Waals surface area contributed by atoms with Crippen LogP contribution < -0.4 is 0 Å². The SMILES string of the molecule is CC1(n2ccnn2)CC(F)(F)C1. The van der Waals surface area contributed by atoms with Gasteiger partial charge in [-0.15, -0.1) is 5.10 Å². The van der Waals surface area contributed by atoms with E-state index in [2.05, 4.69) is 10.3 Å². The maximum atomic E-state index is 12.6. The highest BCUT2D eigenvalue weighted by molar-refractivity contribution is 5.00. The standard InChI is InChI=1S/C7H9F2N3/c1-6(4-7(8,9)5-6)12-3-2-10-11-12/h2-3H,4-5H2,1H3. The van der Waals surface area contributed by atoms with Crippen molar-refractivity contribution in [1.29, 1.82) is 0 Å². The number of hydrogen-bond donors (Lipinski definition) is 0. The molecule has 0 saturated heterocycles. The van der Waals surface area contributed by atoms with E-state index in [1.807, 2.05) is 0 Å². The Hall–Kier alpha value is -1.00.